The lowest BCUT2D eigenvalue weighted by Crippen LogP contribution is -2.43. The number of hydrogen-bond acceptors (Lipinski definition) is 4. The van der Waals surface area contributed by atoms with E-state index in [0.717, 1.165) is 25.9 Å². The van der Waals surface area contributed by atoms with Gasteiger partial charge in [0.25, 0.3) is 0 Å². The molecule has 0 bridgehead atoms. The van der Waals surface area contributed by atoms with Crippen molar-refractivity contribution in [1.82, 2.24) is 10.2 Å². The molecule has 1 aliphatic rings. The number of unbranched alkanes of at least 4 members (excludes halogenated alkanes) is 3. The van der Waals surface area contributed by atoms with E-state index < -0.39 is 5.60 Å². The Bertz CT molecular complexity index is 302. The molecule has 0 aromatic carbocycles. The lowest BCUT2D eigenvalue weighted by atomic mass is 10.1. The van der Waals surface area contributed by atoms with Gasteiger partial charge in [-0.1, -0.05) is 12.8 Å². The van der Waals surface area contributed by atoms with Crippen LogP contribution in [0.2, 0.25) is 0 Å². The van der Waals surface area contributed by atoms with Crippen LogP contribution in [0, 0.1) is 0 Å². The van der Waals surface area contributed by atoms with Crippen molar-refractivity contribution in [2.45, 2.75) is 70.9 Å². The number of nitrogens with two attached hydrogens (primary N) is 1. The van der Waals surface area contributed by atoms with Crippen LogP contribution in [0.25, 0.3) is 0 Å². The normalized spacial score (nSPS) is 20.3. The third-order valence-electron chi connectivity index (χ3n) is 3.61. The molecule has 0 saturated carbocycles. The predicted octanol–water partition coefficient (Wildman–Crippen LogP) is 2.49. The summed E-state index contributed by atoms with van der Waals surface area (Å²) in [6, 6.07) is 0.372. The fourth-order valence-electron chi connectivity index (χ4n) is 2.61. The van der Waals surface area contributed by atoms with Gasteiger partial charge in [0.2, 0.25) is 0 Å². The molecule has 21 heavy (non-hydrogen) atoms. The topological polar surface area (TPSA) is 67.6 Å². The highest BCUT2D eigenvalue weighted by Gasteiger charge is 2.16. The van der Waals surface area contributed by atoms with Gasteiger partial charge in [0, 0.05) is 19.1 Å². The second-order valence-electron chi connectivity index (χ2n) is 7.05. The Hall–Kier alpha value is -0.810. The Morgan fingerprint density at radius 2 is 2.00 bits per heavy atom. The number of nitrogens with zero attached hydrogens (tertiary/aromatic N) is 1. The molecule has 124 valence electrons. The van der Waals surface area contributed by atoms with Crippen molar-refractivity contribution in [1.29, 1.82) is 0 Å². The average Bonchev–Trinajstić information content (AvgIpc) is 2.35. The van der Waals surface area contributed by atoms with E-state index in [1.54, 1.807) is 0 Å². The lowest BCUT2D eigenvalue weighted by Gasteiger charge is -2.30. The number of hydrogen-bond donors (Lipinski definition) is 2. The standard InChI is InChI=1S/C16H33N3O2/c1-16(2,3)21-15(20)18-10-6-4-5-7-11-19-12-8-9-14(17)13-19/h14H,4-13,17H2,1-3H3,(H,18,20)/t14-/m0/s1. The van der Waals surface area contributed by atoms with Crippen LogP contribution in [0.1, 0.15) is 59.3 Å². The maximum absolute atomic E-state index is 11.4. The van der Waals surface area contributed by atoms with E-state index in [1.807, 2.05) is 20.8 Å². The van der Waals surface area contributed by atoms with E-state index in [0.29, 0.717) is 12.6 Å². The molecule has 0 radical (unpaired) electrons. The smallest absolute Gasteiger partial charge is 0.407 e. The summed E-state index contributed by atoms with van der Waals surface area (Å²) < 4.78 is 5.19. The fraction of sp³-hybridized carbons (Fsp3) is 0.938. The number of alkyl carbamates (subject to hydrolysis) is 1. The van der Waals surface area contributed by atoms with Crippen molar-refractivity contribution in [3.8, 4) is 0 Å². The number of likely N-dealkylation sites (tertiary alicyclic amines) is 1. The zero-order chi connectivity index (χ0) is 15.7. The summed E-state index contributed by atoms with van der Waals surface area (Å²) in [7, 11) is 0. The summed E-state index contributed by atoms with van der Waals surface area (Å²) in [5.41, 5.74) is 5.56. The Kier molecular flexibility index (Phi) is 8.04. The molecule has 1 heterocycles. The number of carbonyl (C=O) groups excluding carboxylic acids is 1. The summed E-state index contributed by atoms with van der Waals surface area (Å²) in [5, 5.41) is 2.80. The van der Waals surface area contributed by atoms with Crippen LogP contribution in [-0.2, 0) is 4.74 Å². The molecule has 1 fully saturated rings. The second kappa shape index (κ2) is 9.26. The molecule has 1 amide bonds. The van der Waals surface area contributed by atoms with Gasteiger partial charge in [-0.25, -0.2) is 4.79 Å². The molecule has 0 aromatic rings. The van der Waals surface area contributed by atoms with Crippen LogP contribution in [0.4, 0.5) is 4.79 Å². The minimum absolute atomic E-state index is 0.315. The molecule has 1 atom stereocenters. The summed E-state index contributed by atoms with van der Waals surface area (Å²) in [4.78, 5) is 13.9. The molecule has 5 nitrogen and oxygen atoms in total. The van der Waals surface area contributed by atoms with Gasteiger partial charge in [-0.2, -0.15) is 0 Å². The summed E-state index contributed by atoms with van der Waals surface area (Å²) >= 11 is 0. The first-order valence-corrected chi connectivity index (χ1v) is 8.31. The van der Waals surface area contributed by atoms with Gasteiger partial charge in [-0.05, 0) is 59.5 Å². The number of carbonyl (C=O) groups is 1. The summed E-state index contributed by atoms with van der Waals surface area (Å²) in [6.07, 6.45) is 6.69. The van der Waals surface area contributed by atoms with Crippen molar-refractivity contribution in [2.24, 2.45) is 5.73 Å². The molecule has 0 unspecified atom stereocenters. The molecule has 1 aliphatic heterocycles. The van der Waals surface area contributed by atoms with Gasteiger partial charge >= 0.3 is 6.09 Å². The SMILES string of the molecule is CC(C)(C)OC(=O)NCCCCCCN1CCC[C@H](N)C1. The minimum Gasteiger partial charge on any atom is -0.444 e. The number of amides is 1. The highest BCUT2D eigenvalue weighted by Crippen LogP contribution is 2.10. The maximum atomic E-state index is 11.4. The van der Waals surface area contributed by atoms with E-state index in [9.17, 15) is 4.79 Å². The molecule has 5 heteroatoms. The van der Waals surface area contributed by atoms with Gasteiger partial charge in [-0.15, -0.1) is 0 Å². The first-order valence-electron chi connectivity index (χ1n) is 8.31. The van der Waals surface area contributed by atoms with Crippen LogP contribution in [0.15, 0.2) is 0 Å². The van der Waals surface area contributed by atoms with Crippen LogP contribution < -0.4 is 11.1 Å². The molecular weight excluding hydrogens is 266 g/mol. The first kappa shape index (κ1) is 18.2. The molecular formula is C16H33N3O2. The Morgan fingerprint density at radius 1 is 1.29 bits per heavy atom. The third-order valence-corrected chi connectivity index (χ3v) is 3.61. The van der Waals surface area contributed by atoms with Gasteiger partial charge in [-0.3, -0.25) is 0 Å². The lowest BCUT2D eigenvalue weighted by molar-refractivity contribution is 0.0527. The molecule has 0 aliphatic carbocycles. The van der Waals surface area contributed by atoms with Crippen LogP contribution in [0.5, 0.6) is 0 Å². The molecule has 1 saturated heterocycles. The number of nitrogens with one attached hydrogen (secondary N) is 1. The van der Waals surface area contributed by atoms with E-state index in [1.165, 1.54) is 32.2 Å². The Morgan fingerprint density at radius 3 is 2.67 bits per heavy atom. The number of rotatable bonds is 7. The zero-order valence-corrected chi connectivity index (χ0v) is 14.0. The van der Waals surface area contributed by atoms with Gasteiger partial charge in [0.1, 0.15) is 5.60 Å². The van der Waals surface area contributed by atoms with Crippen molar-refractivity contribution < 1.29 is 9.53 Å². The van der Waals surface area contributed by atoms with E-state index in [-0.39, 0.29) is 6.09 Å². The van der Waals surface area contributed by atoms with Gasteiger partial charge < -0.3 is 20.7 Å². The molecule has 0 aromatic heterocycles. The zero-order valence-electron chi connectivity index (χ0n) is 14.0. The summed E-state index contributed by atoms with van der Waals surface area (Å²) in [6.45, 7) is 9.74. The van der Waals surface area contributed by atoms with Gasteiger partial charge in [0.15, 0.2) is 0 Å². The van der Waals surface area contributed by atoms with Crippen LogP contribution in [-0.4, -0.2) is 48.8 Å². The third kappa shape index (κ3) is 9.69. The Labute approximate surface area is 129 Å². The molecule has 0 spiro atoms. The van der Waals surface area contributed by atoms with Crippen molar-refractivity contribution in [3.05, 3.63) is 0 Å². The monoisotopic (exact) mass is 299 g/mol. The number of piperidine rings is 1. The molecule has 1 rings (SSSR count). The molecule has 3 N–H and O–H groups in total. The van der Waals surface area contributed by atoms with E-state index >= 15 is 0 Å². The van der Waals surface area contributed by atoms with E-state index in [4.69, 9.17) is 10.5 Å². The maximum Gasteiger partial charge on any atom is 0.407 e. The number of ether oxygens (including phenoxy) is 1. The minimum atomic E-state index is -0.417. The highest BCUT2D eigenvalue weighted by atomic mass is 16.6. The average molecular weight is 299 g/mol. The van der Waals surface area contributed by atoms with Gasteiger partial charge in [0.05, 0.1) is 0 Å². The quantitative estimate of drug-likeness (QED) is 0.709. The van der Waals surface area contributed by atoms with Crippen LogP contribution >= 0.6 is 0 Å². The van der Waals surface area contributed by atoms with E-state index in [2.05, 4.69) is 10.2 Å². The highest BCUT2D eigenvalue weighted by molar-refractivity contribution is 5.67. The fourth-order valence-corrected chi connectivity index (χ4v) is 2.61. The second-order valence-corrected chi connectivity index (χ2v) is 7.05. The first-order chi connectivity index (χ1) is 9.87. The summed E-state index contributed by atoms with van der Waals surface area (Å²) in [5.74, 6) is 0. The predicted molar refractivity (Wildman–Crippen MR) is 86.4 cm³/mol. The van der Waals surface area contributed by atoms with Crippen molar-refractivity contribution in [2.75, 3.05) is 26.2 Å². The van der Waals surface area contributed by atoms with Crippen molar-refractivity contribution >= 4 is 6.09 Å². The largest absolute Gasteiger partial charge is 0.444 e. The van der Waals surface area contributed by atoms with Crippen molar-refractivity contribution in [3.63, 3.8) is 0 Å². The van der Waals surface area contributed by atoms with Crippen LogP contribution in [0.3, 0.4) is 0 Å². The Balaban J connectivity index is 1.92.